The van der Waals surface area contributed by atoms with E-state index in [9.17, 15) is 14.4 Å². The van der Waals surface area contributed by atoms with Gasteiger partial charge in [0.15, 0.2) is 0 Å². The highest BCUT2D eigenvalue weighted by atomic mass is 35.5. The number of rotatable bonds is 2. The predicted octanol–water partition coefficient (Wildman–Crippen LogP) is 2.28. The van der Waals surface area contributed by atoms with Crippen molar-refractivity contribution < 1.29 is 4.79 Å². The van der Waals surface area contributed by atoms with Gasteiger partial charge in [0.05, 0.1) is 14.6 Å². The number of piperidine rings is 1. The van der Waals surface area contributed by atoms with Crippen LogP contribution in [0.25, 0.3) is 11.0 Å². The largest absolute Gasteiger partial charge is 0.338 e. The molecule has 0 saturated carbocycles. The molecule has 9 heteroatoms. The van der Waals surface area contributed by atoms with Crippen molar-refractivity contribution in [2.45, 2.75) is 18.9 Å². The highest BCUT2D eigenvalue weighted by molar-refractivity contribution is 7.17. The number of fused-ring (bicyclic) bond motifs is 1. The summed E-state index contributed by atoms with van der Waals surface area (Å²) in [5.74, 6) is -0.0654. The molecule has 0 aliphatic carbocycles. The molecule has 3 aromatic rings. The molecular weight excluding hydrogens is 376 g/mol. The highest BCUT2D eigenvalue weighted by Crippen LogP contribution is 2.26. The second kappa shape index (κ2) is 6.69. The van der Waals surface area contributed by atoms with Crippen molar-refractivity contribution >= 4 is 39.9 Å². The number of thiophene rings is 1. The zero-order valence-corrected chi connectivity index (χ0v) is 15.2. The number of aromatic nitrogens is 3. The molecule has 0 atom stereocenters. The minimum atomic E-state index is -0.462. The third kappa shape index (κ3) is 2.95. The lowest BCUT2D eigenvalue weighted by Gasteiger charge is -2.32. The Morgan fingerprint density at radius 2 is 2.00 bits per heavy atom. The van der Waals surface area contributed by atoms with Crippen molar-refractivity contribution in [2.75, 3.05) is 13.1 Å². The number of hydrogen-bond acceptors (Lipinski definition) is 5. The van der Waals surface area contributed by atoms with E-state index in [1.165, 1.54) is 22.1 Å². The van der Waals surface area contributed by atoms with Crippen LogP contribution in [0.2, 0.25) is 4.34 Å². The third-order valence-corrected chi connectivity index (χ3v) is 5.82. The molecule has 0 unspecified atom stereocenters. The van der Waals surface area contributed by atoms with Gasteiger partial charge in [-0.3, -0.25) is 19.1 Å². The Morgan fingerprint density at radius 1 is 1.23 bits per heavy atom. The van der Waals surface area contributed by atoms with Crippen LogP contribution in [-0.2, 0) is 0 Å². The Bertz CT molecular complexity index is 1100. The smallest absolute Gasteiger partial charge is 0.330 e. The number of likely N-dealkylation sites (tertiary alicyclic amines) is 1. The number of halogens is 1. The summed E-state index contributed by atoms with van der Waals surface area (Å²) >= 11 is 7.15. The van der Waals surface area contributed by atoms with E-state index in [1.807, 2.05) is 0 Å². The van der Waals surface area contributed by atoms with Gasteiger partial charge in [-0.25, -0.2) is 9.78 Å². The topological polar surface area (TPSA) is 88.1 Å². The Balaban J connectivity index is 1.57. The molecule has 0 spiro atoms. The zero-order valence-electron chi connectivity index (χ0n) is 13.6. The van der Waals surface area contributed by atoms with E-state index in [-0.39, 0.29) is 17.5 Å². The van der Waals surface area contributed by atoms with Crippen LogP contribution < -0.4 is 11.2 Å². The fourth-order valence-electron chi connectivity index (χ4n) is 3.30. The molecule has 0 bridgehead atoms. The number of H-pyrrole nitrogens is 1. The Labute approximate surface area is 156 Å². The molecule has 26 heavy (non-hydrogen) atoms. The average Bonchev–Trinajstić information content (AvgIpc) is 3.08. The maximum Gasteiger partial charge on any atom is 0.330 e. The van der Waals surface area contributed by atoms with Crippen LogP contribution in [-0.4, -0.2) is 38.4 Å². The number of nitrogens with zero attached hydrogens (tertiary/aromatic N) is 3. The van der Waals surface area contributed by atoms with E-state index in [0.717, 1.165) is 0 Å². The Hall–Kier alpha value is -2.45. The third-order valence-electron chi connectivity index (χ3n) is 4.60. The van der Waals surface area contributed by atoms with Gasteiger partial charge in [0.1, 0.15) is 5.65 Å². The van der Waals surface area contributed by atoms with E-state index < -0.39 is 5.69 Å². The lowest BCUT2D eigenvalue weighted by Crippen LogP contribution is -2.45. The highest BCUT2D eigenvalue weighted by Gasteiger charge is 2.27. The molecule has 1 fully saturated rings. The summed E-state index contributed by atoms with van der Waals surface area (Å²) in [6, 6.07) is 6.49. The van der Waals surface area contributed by atoms with Gasteiger partial charge in [0.2, 0.25) is 0 Å². The lowest BCUT2D eigenvalue weighted by molar-refractivity contribution is 0.0697. The first kappa shape index (κ1) is 17.0. The SMILES string of the molecule is O=C(c1ccc(Cl)s1)N1CCC(n2c(=O)[nH]c3ncccc3c2=O)CC1. The van der Waals surface area contributed by atoms with Gasteiger partial charge in [0, 0.05) is 25.3 Å². The van der Waals surface area contributed by atoms with E-state index in [4.69, 9.17) is 11.6 Å². The number of nitrogens with one attached hydrogen (secondary N) is 1. The van der Waals surface area contributed by atoms with Crippen LogP contribution in [0.5, 0.6) is 0 Å². The lowest BCUT2D eigenvalue weighted by atomic mass is 10.0. The van der Waals surface area contributed by atoms with Crippen LogP contribution in [0.15, 0.2) is 40.1 Å². The fraction of sp³-hybridized carbons (Fsp3) is 0.294. The Kier molecular flexibility index (Phi) is 4.37. The molecule has 1 aliphatic rings. The number of pyridine rings is 1. The summed E-state index contributed by atoms with van der Waals surface area (Å²) in [7, 11) is 0. The summed E-state index contributed by atoms with van der Waals surface area (Å²) in [5.41, 5.74) is -0.511. The first-order valence-corrected chi connectivity index (χ1v) is 9.38. The van der Waals surface area contributed by atoms with Crippen LogP contribution in [0, 0.1) is 0 Å². The first-order valence-electron chi connectivity index (χ1n) is 8.19. The van der Waals surface area contributed by atoms with Gasteiger partial charge < -0.3 is 4.90 Å². The molecule has 134 valence electrons. The zero-order chi connectivity index (χ0) is 18.3. The van der Waals surface area contributed by atoms with Crippen molar-refractivity contribution in [1.29, 1.82) is 0 Å². The summed E-state index contributed by atoms with van der Waals surface area (Å²) in [4.78, 5) is 46.6. The van der Waals surface area contributed by atoms with Crippen molar-refractivity contribution in [2.24, 2.45) is 0 Å². The predicted molar refractivity (Wildman–Crippen MR) is 100 cm³/mol. The minimum absolute atomic E-state index is 0.0654. The van der Waals surface area contributed by atoms with Gasteiger partial charge in [0.25, 0.3) is 11.5 Å². The van der Waals surface area contributed by atoms with E-state index in [0.29, 0.717) is 46.2 Å². The van der Waals surface area contributed by atoms with E-state index in [2.05, 4.69) is 9.97 Å². The van der Waals surface area contributed by atoms with Crippen molar-refractivity contribution in [3.05, 3.63) is 60.5 Å². The molecule has 4 heterocycles. The molecule has 1 N–H and O–H groups in total. The summed E-state index contributed by atoms with van der Waals surface area (Å²) in [6.45, 7) is 0.964. The van der Waals surface area contributed by atoms with Gasteiger partial charge in [-0.15, -0.1) is 11.3 Å². The molecule has 1 amide bonds. The molecule has 3 aromatic heterocycles. The van der Waals surface area contributed by atoms with Gasteiger partial charge in [-0.05, 0) is 37.1 Å². The van der Waals surface area contributed by atoms with Crippen LogP contribution in [0.4, 0.5) is 0 Å². The Morgan fingerprint density at radius 3 is 2.69 bits per heavy atom. The second-order valence-electron chi connectivity index (χ2n) is 6.13. The maximum absolute atomic E-state index is 12.7. The summed E-state index contributed by atoms with van der Waals surface area (Å²) < 4.78 is 1.83. The monoisotopic (exact) mass is 390 g/mol. The normalized spacial score (nSPS) is 15.5. The molecule has 0 radical (unpaired) electrons. The van der Waals surface area contributed by atoms with Gasteiger partial charge in [-0.2, -0.15) is 0 Å². The van der Waals surface area contributed by atoms with Crippen molar-refractivity contribution in [3.63, 3.8) is 0 Å². The first-order chi connectivity index (χ1) is 12.5. The maximum atomic E-state index is 12.7. The molecular formula is C17H15ClN4O3S. The molecule has 1 saturated heterocycles. The summed E-state index contributed by atoms with van der Waals surface area (Å²) in [6.07, 6.45) is 2.61. The minimum Gasteiger partial charge on any atom is -0.338 e. The van der Waals surface area contributed by atoms with Crippen LogP contribution in [0.1, 0.15) is 28.6 Å². The fourth-order valence-corrected chi connectivity index (χ4v) is 4.32. The summed E-state index contributed by atoms with van der Waals surface area (Å²) in [5, 5.41) is 0.388. The molecule has 4 rings (SSSR count). The van der Waals surface area contributed by atoms with Crippen molar-refractivity contribution in [1.82, 2.24) is 19.4 Å². The number of carbonyl (C=O) groups excluding carboxylic acids is 1. The molecule has 7 nitrogen and oxygen atoms in total. The number of hydrogen-bond donors (Lipinski definition) is 1. The quantitative estimate of drug-likeness (QED) is 0.727. The van der Waals surface area contributed by atoms with E-state index in [1.54, 1.807) is 29.2 Å². The standard InChI is InChI=1S/C17H15ClN4O3S/c18-13-4-3-12(26-13)16(24)21-8-5-10(6-9-21)22-15(23)11-2-1-7-19-14(11)20-17(22)25/h1-4,7,10H,5-6,8-9H2,(H,19,20,25). The average molecular weight is 391 g/mol. The van der Waals surface area contributed by atoms with Gasteiger partial charge >= 0.3 is 5.69 Å². The number of aromatic amines is 1. The van der Waals surface area contributed by atoms with Gasteiger partial charge in [-0.1, -0.05) is 11.6 Å². The second-order valence-corrected chi connectivity index (χ2v) is 7.85. The van der Waals surface area contributed by atoms with E-state index >= 15 is 0 Å². The molecule has 1 aliphatic heterocycles. The van der Waals surface area contributed by atoms with Crippen LogP contribution in [0.3, 0.4) is 0 Å². The number of carbonyl (C=O) groups is 1. The van der Waals surface area contributed by atoms with Crippen molar-refractivity contribution in [3.8, 4) is 0 Å². The molecule has 0 aromatic carbocycles. The number of amides is 1. The van der Waals surface area contributed by atoms with Crippen LogP contribution >= 0.6 is 22.9 Å².